The molecule has 2 heterocycles. The lowest BCUT2D eigenvalue weighted by atomic mass is 9.95. The first-order valence-corrected chi connectivity index (χ1v) is 10.8. The third-order valence-electron chi connectivity index (χ3n) is 4.47. The zero-order valence-corrected chi connectivity index (χ0v) is 18.8. The molecular weight excluding hydrogens is 455 g/mol. The number of ether oxygens (including phenoxy) is 1. The summed E-state index contributed by atoms with van der Waals surface area (Å²) < 4.78 is 6.58. The first-order chi connectivity index (χ1) is 12.8. The molecule has 3 rings (SSSR count). The predicted octanol–water partition coefficient (Wildman–Crippen LogP) is 4.17. The minimum atomic E-state index is -0.551. The summed E-state index contributed by atoms with van der Waals surface area (Å²) >= 11 is 2.25. The van der Waals surface area contributed by atoms with Gasteiger partial charge in [0, 0.05) is 23.0 Å². The van der Waals surface area contributed by atoms with Crippen LogP contribution in [0.3, 0.4) is 0 Å². The van der Waals surface area contributed by atoms with Gasteiger partial charge in [0.25, 0.3) is 0 Å². The zero-order chi connectivity index (χ0) is 19.9. The van der Waals surface area contributed by atoms with Gasteiger partial charge in [0.1, 0.15) is 5.60 Å². The van der Waals surface area contributed by atoms with Crippen molar-refractivity contribution >= 4 is 34.5 Å². The van der Waals surface area contributed by atoms with Crippen LogP contribution in [0.4, 0.5) is 4.79 Å². The van der Waals surface area contributed by atoms with Gasteiger partial charge in [-0.1, -0.05) is 12.1 Å². The van der Waals surface area contributed by atoms with Gasteiger partial charge in [0.2, 0.25) is 0 Å². The van der Waals surface area contributed by atoms with E-state index in [0.29, 0.717) is 25.8 Å². The Morgan fingerprint density at radius 2 is 1.96 bits per heavy atom. The number of carbonyl (C=O) groups excluding carboxylic acids is 2. The predicted molar refractivity (Wildman–Crippen MR) is 116 cm³/mol. The van der Waals surface area contributed by atoms with Crippen molar-refractivity contribution in [1.29, 1.82) is 0 Å². The topological polar surface area (TPSA) is 58.6 Å². The van der Waals surface area contributed by atoms with E-state index in [9.17, 15) is 9.59 Å². The number of nitrogens with zero attached hydrogens (tertiary/aromatic N) is 1. The minimum absolute atomic E-state index is 0.121. The molecule has 5 nitrogen and oxygen atoms in total. The number of rotatable bonds is 2. The van der Waals surface area contributed by atoms with Gasteiger partial charge in [-0.15, -0.1) is 0 Å². The summed E-state index contributed by atoms with van der Waals surface area (Å²) in [6.07, 6.45) is 4.18. The van der Waals surface area contributed by atoms with E-state index in [1.165, 1.54) is 25.9 Å². The van der Waals surface area contributed by atoms with Crippen LogP contribution in [-0.2, 0) is 16.0 Å². The van der Waals surface area contributed by atoms with E-state index in [1.807, 2.05) is 39.0 Å². The molecule has 150 valence electrons. The third kappa shape index (κ3) is 7.78. The second-order valence-electron chi connectivity index (χ2n) is 8.05. The van der Waals surface area contributed by atoms with Crippen LogP contribution in [0.2, 0.25) is 0 Å². The van der Waals surface area contributed by atoms with Crippen LogP contribution in [0, 0.1) is 3.57 Å². The Morgan fingerprint density at radius 3 is 2.52 bits per heavy atom. The number of carbonyl (C=O) groups is 2. The van der Waals surface area contributed by atoms with Gasteiger partial charge in [-0.05, 0) is 93.4 Å². The summed E-state index contributed by atoms with van der Waals surface area (Å²) in [6.45, 7) is 8.59. The number of nitrogens with one attached hydrogen (secondary N) is 1. The molecule has 0 aliphatic carbocycles. The molecule has 27 heavy (non-hydrogen) atoms. The Hall–Kier alpha value is -1.15. The van der Waals surface area contributed by atoms with Crippen molar-refractivity contribution in [3.05, 3.63) is 33.4 Å². The molecule has 2 saturated heterocycles. The summed E-state index contributed by atoms with van der Waals surface area (Å²) in [4.78, 5) is 26.3. The van der Waals surface area contributed by atoms with E-state index in [2.05, 4.69) is 34.0 Å². The zero-order valence-electron chi connectivity index (χ0n) is 16.6. The lowest BCUT2D eigenvalue weighted by molar-refractivity contribution is -0.126. The Bertz CT molecular complexity index is 631. The van der Waals surface area contributed by atoms with Crippen molar-refractivity contribution in [3.8, 4) is 0 Å². The lowest BCUT2D eigenvalue weighted by Gasteiger charge is -2.35. The van der Waals surface area contributed by atoms with Crippen LogP contribution in [0.25, 0.3) is 0 Å². The van der Waals surface area contributed by atoms with Crippen molar-refractivity contribution in [2.45, 2.75) is 64.5 Å². The molecule has 1 unspecified atom stereocenters. The van der Waals surface area contributed by atoms with Crippen LogP contribution in [0.1, 0.15) is 52.0 Å². The first kappa shape index (κ1) is 22.1. The van der Waals surface area contributed by atoms with Crippen molar-refractivity contribution in [1.82, 2.24) is 10.2 Å². The van der Waals surface area contributed by atoms with Gasteiger partial charge in [0.05, 0.1) is 6.04 Å². The van der Waals surface area contributed by atoms with Gasteiger partial charge in [-0.2, -0.15) is 0 Å². The number of halogens is 1. The minimum Gasteiger partial charge on any atom is -0.444 e. The number of piperidine rings is 1. The summed E-state index contributed by atoms with van der Waals surface area (Å²) in [7, 11) is 0. The molecule has 1 atom stereocenters. The molecule has 0 aromatic heterocycles. The Labute approximate surface area is 176 Å². The summed E-state index contributed by atoms with van der Waals surface area (Å²) in [6, 6.07) is 7.62. The van der Waals surface area contributed by atoms with Crippen molar-refractivity contribution in [2.75, 3.05) is 19.6 Å². The average Bonchev–Trinajstić information content (AvgIpc) is 3.15. The molecule has 0 saturated carbocycles. The normalized spacial score (nSPS) is 20.1. The second-order valence-corrected chi connectivity index (χ2v) is 9.30. The number of ketones is 1. The maximum Gasteiger partial charge on any atom is 0.410 e. The molecule has 6 heteroatoms. The molecule has 0 radical (unpaired) electrons. The van der Waals surface area contributed by atoms with Gasteiger partial charge in [-0.25, -0.2) is 4.79 Å². The first-order valence-electron chi connectivity index (χ1n) is 9.74. The van der Waals surface area contributed by atoms with Crippen LogP contribution in [0.15, 0.2) is 24.3 Å². The molecular formula is C21H31IN2O3. The highest BCUT2D eigenvalue weighted by Crippen LogP contribution is 2.22. The summed E-state index contributed by atoms with van der Waals surface area (Å²) in [5.74, 6) is 0.121. The highest BCUT2D eigenvalue weighted by Gasteiger charge is 2.35. The molecule has 2 aliphatic rings. The smallest absolute Gasteiger partial charge is 0.410 e. The molecule has 1 aromatic carbocycles. The third-order valence-corrected chi connectivity index (χ3v) is 5.14. The fraction of sp³-hybridized carbons (Fsp3) is 0.619. The molecule has 1 aromatic rings. The van der Waals surface area contributed by atoms with E-state index < -0.39 is 17.7 Å². The molecule has 0 bridgehead atoms. The number of likely N-dealkylation sites (tertiary alicyclic amines) is 1. The van der Waals surface area contributed by atoms with Crippen molar-refractivity contribution < 1.29 is 14.3 Å². The second kappa shape index (κ2) is 10.4. The molecule has 1 amide bonds. The van der Waals surface area contributed by atoms with Crippen LogP contribution < -0.4 is 5.32 Å². The maximum absolute atomic E-state index is 12.4. The van der Waals surface area contributed by atoms with Gasteiger partial charge in [0.15, 0.2) is 5.78 Å². The average molecular weight is 486 g/mol. The van der Waals surface area contributed by atoms with E-state index in [4.69, 9.17) is 4.74 Å². The number of amides is 1. The summed E-state index contributed by atoms with van der Waals surface area (Å²) in [5.41, 5.74) is 0.519. The summed E-state index contributed by atoms with van der Waals surface area (Å²) in [5, 5.41) is 3.22. The Kier molecular flexibility index (Phi) is 8.54. The standard InChI is InChI=1S/C17H22INO3.C4H9N/c1-17(2,3)22-16(21)19-9-5-8-15(20)14(19)11-12-6-4-7-13(18)10-12;1-2-4-5-3-1/h4,6-7,10,14H,5,8-9,11H2,1-3H3;5H,1-4H2. The quantitative estimate of drug-likeness (QED) is 0.638. The van der Waals surface area contributed by atoms with E-state index in [0.717, 1.165) is 9.13 Å². The monoisotopic (exact) mass is 486 g/mol. The Balaban J connectivity index is 0.000000451. The molecule has 0 spiro atoms. The van der Waals surface area contributed by atoms with Crippen molar-refractivity contribution in [2.24, 2.45) is 0 Å². The maximum atomic E-state index is 12.4. The number of Topliss-reactive ketones (excluding diaryl/α,β-unsaturated/α-hetero) is 1. The number of hydrogen-bond donors (Lipinski definition) is 1. The van der Waals surface area contributed by atoms with Gasteiger partial charge < -0.3 is 10.1 Å². The highest BCUT2D eigenvalue weighted by atomic mass is 127. The van der Waals surface area contributed by atoms with Crippen LogP contribution >= 0.6 is 22.6 Å². The fourth-order valence-electron chi connectivity index (χ4n) is 3.20. The largest absolute Gasteiger partial charge is 0.444 e. The highest BCUT2D eigenvalue weighted by molar-refractivity contribution is 14.1. The SMILES string of the molecule is C1CCNC1.CC(C)(C)OC(=O)N1CCCC(=O)C1Cc1cccc(I)c1. The van der Waals surface area contributed by atoms with Crippen LogP contribution in [0.5, 0.6) is 0 Å². The number of hydrogen-bond acceptors (Lipinski definition) is 4. The number of benzene rings is 1. The van der Waals surface area contributed by atoms with Gasteiger partial charge >= 0.3 is 6.09 Å². The van der Waals surface area contributed by atoms with E-state index in [1.54, 1.807) is 4.90 Å². The lowest BCUT2D eigenvalue weighted by Crippen LogP contribution is -2.51. The van der Waals surface area contributed by atoms with E-state index >= 15 is 0 Å². The Morgan fingerprint density at radius 1 is 1.26 bits per heavy atom. The van der Waals surface area contributed by atoms with E-state index in [-0.39, 0.29) is 5.78 Å². The molecule has 1 N–H and O–H groups in total. The fourth-order valence-corrected chi connectivity index (χ4v) is 3.80. The van der Waals surface area contributed by atoms with Crippen molar-refractivity contribution in [3.63, 3.8) is 0 Å². The molecule has 2 aliphatic heterocycles. The van der Waals surface area contributed by atoms with Gasteiger partial charge in [-0.3, -0.25) is 9.69 Å². The van der Waals surface area contributed by atoms with Crippen LogP contribution in [-0.4, -0.2) is 48.1 Å². The molecule has 2 fully saturated rings.